The fourth-order valence-electron chi connectivity index (χ4n) is 4.29. The molecule has 148 valence electrons. The van der Waals surface area contributed by atoms with Crippen molar-refractivity contribution in [2.45, 2.75) is 51.4 Å². The summed E-state index contributed by atoms with van der Waals surface area (Å²) in [6, 6.07) is 9.42. The number of thiophene rings is 1. The van der Waals surface area contributed by atoms with Crippen molar-refractivity contribution in [2.24, 2.45) is 0 Å². The Morgan fingerprint density at radius 2 is 1.64 bits per heavy atom. The van der Waals surface area contributed by atoms with E-state index >= 15 is 0 Å². The summed E-state index contributed by atoms with van der Waals surface area (Å²) in [7, 11) is 0. The Morgan fingerprint density at radius 1 is 0.929 bits per heavy atom. The molecule has 5 heteroatoms. The van der Waals surface area contributed by atoms with Gasteiger partial charge in [-0.05, 0) is 57.2 Å². The lowest BCUT2D eigenvalue weighted by Crippen LogP contribution is -2.34. The van der Waals surface area contributed by atoms with Crippen LogP contribution in [0.15, 0.2) is 30.3 Å². The summed E-state index contributed by atoms with van der Waals surface area (Å²) in [5, 5.41) is 3.85. The highest BCUT2D eigenvalue weighted by Gasteiger charge is 2.27. The summed E-state index contributed by atoms with van der Waals surface area (Å²) in [4.78, 5) is 29.5. The molecule has 1 N–H and O–H groups in total. The SMILES string of the molecule is O=C(CN1CCCCCC1)Nc1sc2c(c1C(=O)c1ccccc1)CCCC2. The minimum absolute atomic E-state index is 0.00242. The summed E-state index contributed by atoms with van der Waals surface area (Å²) >= 11 is 1.61. The molecule has 0 bridgehead atoms. The first-order valence-electron chi connectivity index (χ1n) is 10.5. The van der Waals surface area contributed by atoms with Gasteiger partial charge in [-0.2, -0.15) is 0 Å². The molecule has 2 aliphatic rings. The van der Waals surface area contributed by atoms with Crippen molar-refractivity contribution < 1.29 is 9.59 Å². The van der Waals surface area contributed by atoms with E-state index < -0.39 is 0 Å². The van der Waals surface area contributed by atoms with Crippen molar-refractivity contribution in [1.29, 1.82) is 0 Å². The van der Waals surface area contributed by atoms with Gasteiger partial charge in [0, 0.05) is 10.4 Å². The van der Waals surface area contributed by atoms with Crippen molar-refractivity contribution in [3.63, 3.8) is 0 Å². The molecule has 28 heavy (non-hydrogen) atoms. The Balaban J connectivity index is 1.57. The highest BCUT2D eigenvalue weighted by Crippen LogP contribution is 2.39. The molecule has 1 aromatic carbocycles. The first kappa shape index (κ1) is 19.3. The number of nitrogens with one attached hydrogen (secondary N) is 1. The molecule has 0 unspecified atom stereocenters. The number of amides is 1. The van der Waals surface area contributed by atoms with Crippen LogP contribution in [0.1, 0.15) is 64.9 Å². The molecule has 1 aliphatic heterocycles. The van der Waals surface area contributed by atoms with Crippen LogP contribution in [-0.2, 0) is 17.6 Å². The van der Waals surface area contributed by atoms with Crippen molar-refractivity contribution in [2.75, 3.05) is 25.0 Å². The number of fused-ring (bicyclic) bond motifs is 1. The van der Waals surface area contributed by atoms with E-state index in [9.17, 15) is 9.59 Å². The first-order chi connectivity index (χ1) is 13.7. The molecule has 1 aromatic heterocycles. The smallest absolute Gasteiger partial charge is 0.239 e. The zero-order chi connectivity index (χ0) is 19.3. The monoisotopic (exact) mass is 396 g/mol. The zero-order valence-electron chi connectivity index (χ0n) is 16.3. The third-order valence-corrected chi connectivity index (χ3v) is 6.96. The number of benzene rings is 1. The van der Waals surface area contributed by atoms with Gasteiger partial charge in [-0.1, -0.05) is 43.2 Å². The summed E-state index contributed by atoms with van der Waals surface area (Å²) < 4.78 is 0. The van der Waals surface area contributed by atoms with Crippen LogP contribution in [0.5, 0.6) is 0 Å². The predicted molar refractivity (Wildman–Crippen MR) is 114 cm³/mol. The molecule has 0 spiro atoms. The third kappa shape index (κ3) is 4.36. The Morgan fingerprint density at radius 3 is 2.39 bits per heavy atom. The molecule has 4 rings (SSSR count). The number of aryl methyl sites for hydroxylation is 1. The largest absolute Gasteiger partial charge is 0.316 e. The van der Waals surface area contributed by atoms with E-state index in [2.05, 4.69) is 10.2 Å². The van der Waals surface area contributed by atoms with Gasteiger partial charge in [0.1, 0.15) is 5.00 Å². The number of carbonyl (C=O) groups excluding carboxylic acids is 2. The molecule has 1 amide bonds. The average molecular weight is 397 g/mol. The maximum Gasteiger partial charge on any atom is 0.239 e. The lowest BCUT2D eigenvalue weighted by Gasteiger charge is -2.19. The summed E-state index contributed by atoms with van der Waals surface area (Å²) in [5.74, 6) is 0.0349. The molecule has 0 radical (unpaired) electrons. The van der Waals surface area contributed by atoms with Crippen LogP contribution >= 0.6 is 11.3 Å². The van der Waals surface area contributed by atoms with Gasteiger partial charge in [0.2, 0.25) is 5.91 Å². The maximum atomic E-state index is 13.3. The molecule has 0 saturated carbocycles. The fourth-order valence-corrected chi connectivity index (χ4v) is 5.59. The number of rotatable bonds is 5. The fraction of sp³-hybridized carbons (Fsp3) is 0.478. The number of likely N-dealkylation sites (tertiary alicyclic amines) is 1. The van der Waals surface area contributed by atoms with Crippen molar-refractivity contribution in [3.05, 3.63) is 51.9 Å². The maximum absolute atomic E-state index is 13.3. The lowest BCUT2D eigenvalue weighted by atomic mass is 9.92. The number of nitrogens with zero attached hydrogens (tertiary/aromatic N) is 1. The van der Waals surface area contributed by atoms with Gasteiger partial charge in [0.25, 0.3) is 0 Å². The molecular formula is C23H28N2O2S. The minimum atomic E-state index is 0.00242. The third-order valence-electron chi connectivity index (χ3n) is 5.75. The molecule has 0 atom stereocenters. The number of anilines is 1. The van der Waals surface area contributed by atoms with Gasteiger partial charge in [0.05, 0.1) is 12.1 Å². The topological polar surface area (TPSA) is 49.4 Å². The van der Waals surface area contributed by atoms with E-state index in [1.54, 1.807) is 11.3 Å². The predicted octanol–water partition coefficient (Wildman–Crippen LogP) is 4.67. The zero-order valence-corrected chi connectivity index (χ0v) is 17.2. The van der Waals surface area contributed by atoms with Gasteiger partial charge in [-0.25, -0.2) is 0 Å². The molecule has 2 heterocycles. The van der Waals surface area contributed by atoms with E-state index in [0.717, 1.165) is 54.9 Å². The normalized spacial score (nSPS) is 17.6. The van der Waals surface area contributed by atoms with Gasteiger partial charge >= 0.3 is 0 Å². The Labute approximate surface area is 170 Å². The van der Waals surface area contributed by atoms with Crippen LogP contribution in [0.25, 0.3) is 0 Å². The van der Waals surface area contributed by atoms with Gasteiger partial charge < -0.3 is 5.32 Å². The number of carbonyl (C=O) groups is 2. The average Bonchev–Trinajstić information content (AvgIpc) is 2.87. The minimum Gasteiger partial charge on any atom is -0.316 e. The van der Waals surface area contributed by atoms with Crippen LogP contribution in [0.4, 0.5) is 5.00 Å². The summed E-state index contributed by atoms with van der Waals surface area (Å²) in [5.41, 5.74) is 2.59. The standard InChI is InChI=1S/C23H28N2O2S/c26-20(16-25-14-8-1-2-9-15-25)24-23-21(18-12-6-7-13-19(18)28-23)22(27)17-10-4-3-5-11-17/h3-5,10-11H,1-2,6-9,12-16H2,(H,24,26). The quantitative estimate of drug-likeness (QED) is 0.747. The van der Waals surface area contributed by atoms with E-state index in [1.807, 2.05) is 30.3 Å². The number of hydrogen-bond donors (Lipinski definition) is 1. The van der Waals surface area contributed by atoms with E-state index in [1.165, 1.54) is 30.6 Å². The number of hydrogen-bond acceptors (Lipinski definition) is 4. The van der Waals surface area contributed by atoms with Crippen molar-refractivity contribution >= 4 is 28.0 Å². The van der Waals surface area contributed by atoms with Gasteiger partial charge in [-0.3, -0.25) is 14.5 Å². The summed E-state index contributed by atoms with van der Waals surface area (Å²) in [6.07, 6.45) is 9.06. The van der Waals surface area contributed by atoms with E-state index in [4.69, 9.17) is 0 Å². The number of ketones is 1. The second-order valence-electron chi connectivity index (χ2n) is 7.85. The summed E-state index contributed by atoms with van der Waals surface area (Å²) in [6.45, 7) is 2.40. The van der Waals surface area contributed by atoms with Gasteiger partial charge in [0.15, 0.2) is 5.78 Å². The second-order valence-corrected chi connectivity index (χ2v) is 8.95. The molecule has 1 aliphatic carbocycles. The molecule has 2 aromatic rings. The Bertz CT molecular complexity index is 836. The first-order valence-corrected chi connectivity index (χ1v) is 11.3. The van der Waals surface area contributed by atoms with Crippen molar-refractivity contribution in [1.82, 2.24) is 4.90 Å². The Kier molecular flexibility index (Phi) is 6.23. The van der Waals surface area contributed by atoms with E-state index in [-0.39, 0.29) is 11.7 Å². The molecular weight excluding hydrogens is 368 g/mol. The molecule has 1 fully saturated rings. The van der Waals surface area contributed by atoms with Crippen molar-refractivity contribution in [3.8, 4) is 0 Å². The molecule has 4 nitrogen and oxygen atoms in total. The molecule has 1 saturated heterocycles. The second kappa shape index (κ2) is 9.01. The van der Waals surface area contributed by atoms with Crippen LogP contribution in [0, 0.1) is 0 Å². The van der Waals surface area contributed by atoms with Crippen LogP contribution in [0.3, 0.4) is 0 Å². The van der Waals surface area contributed by atoms with Crippen LogP contribution in [0.2, 0.25) is 0 Å². The Hall–Kier alpha value is -1.98. The van der Waals surface area contributed by atoms with E-state index in [0.29, 0.717) is 12.1 Å². The van der Waals surface area contributed by atoms with Crippen LogP contribution < -0.4 is 5.32 Å². The van der Waals surface area contributed by atoms with Gasteiger partial charge in [-0.15, -0.1) is 11.3 Å². The highest BCUT2D eigenvalue weighted by molar-refractivity contribution is 7.17. The lowest BCUT2D eigenvalue weighted by molar-refractivity contribution is -0.117. The highest BCUT2D eigenvalue weighted by atomic mass is 32.1. The van der Waals surface area contributed by atoms with Crippen LogP contribution in [-0.4, -0.2) is 36.2 Å².